The summed E-state index contributed by atoms with van der Waals surface area (Å²) in [7, 11) is 1.63. The zero-order valence-electron chi connectivity index (χ0n) is 16.6. The fourth-order valence-electron chi connectivity index (χ4n) is 5.00. The van der Waals surface area contributed by atoms with Crippen LogP contribution in [0, 0.1) is 11.8 Å². The van der Waals surface area contributed by atoms with E-state index in [2.05, 4.69) is 4.99 Å². The molecule has 1 unspecified atom stereocenters. The van der Waals surface area contributed by atoms with E-state index in [1.54, 1.807) is 7.05 Å². The Morgan fingerprint density at radius 1 is 1.11 bits per heavy atom. The molecule has 8 heteroatoms. The van der Waals surface area contributed by atoms with Crippen LogP contribution in [0.25, 0.3) is 0 Å². The number of amides is 1. The first kappa shape index (κ1) is 21.4. The largest absolute Gasteiger partial charge is 0.389 e. The third-order valence-electron chi connectivity index (χ3n) is 6.60. The van der Waals surface area contributed by atoms with Crippen LogP contribution in [0.2, 0.25) is 0 Å². The Balaban J connectivity index is 1.58. The van der Waals surface area contributed by atoms with Crippen molar-refractivity contribution in [1.29, 1.82) is 0 Å². The first-order chi connectivity index (χ1) is 13.2. The molecule has 0 aromatic carbocycles. The molecule has 0 aromatic rings. The molecule has 0 radical (unpaired) electrons. The Bertz CT molecular complexity index is 582. The highest BCUT2D eigenvalue weighted by Crippen LogP contribution is 2.38. The van der Waals surface area contributed by atoms with Gasteiger partial charge in [0, 0.05) is 13.5 Å². The van der Waals surface area contributed by atoms with Gasteiger partial charge in [0.2, 0.25) is 0 Å². The number of halogens is 3. The summed E-state index contributed by atoms with van der Waals surface area (Å²) >= 11 is 0. The number of carbonyl (C=O) groups excluding carboxylic acids is 1. The molecule has 0 bridgehead atoms. The van der Waals surface area contributed by atoms with Crippen LogP contribution < -0.4 is 5.73 Å². The molecule has 2 aliphatic carbocycles. The molecule has 0 saturated heterocycles. The van der Waals surface area contributed by atoms with Gasteiger partial charge >= 0.3 is 6.18 Å². The van der Waals surface area contributed by atoms with Gasteiger partial charge in [-0.05, 0) is 43.9 Å². The van der Waals surface area contributed by atoms with E-state index in [9.17, 15) is 18.0 Å². The van der Waals surface area contributed by atoms with Gasteiger partial charge in [-0.15, -0.1) is 0 Å². The van der Waals surface area contributed by atoms with E-state index in [-0.39, 0.29) is 30.5 Å². The second kappa shape index (κ2) is 8.59. The third kappa shape index (κ3) is 5.19. The molecule has 1 atom stereocenters. The second-order valence-electron chi connectivity index (χ2n) is 8.85. The lowest BCUT2D eigenvalue weighted by molar-refractivity contribution is -0.149. The average Bonchev–Trinajstić information content (AvgIpc) is 2.85. The Kier molecular flexibility index (Phi) is 6.57. The van der Waals surface area contributed by atoms with Gasteiger partial charge in [0.1, 0.15) is 0 Å². The van der Waals surface area contributed by atoms with Crippen molar-refractivity contribution in [2.75, 3.05) is 13.7 Å². The van der Waals surface area contributed by atoms with E-state index in [0.717, 1.165) is 12.8 Å². The molecule has 0 aromatic heterocycles. The maximum atomic E-state index is 12.9. The Morgan fingerprint density at radius 3 is 2.29 bits per heavy atom. The Morgan fingerprint density at radius 2 is 1.75 bits per heavy atom. The minimum absolute atomic E-state index is 0.108. The minimum Gasteiger partial charge on any atom is -0.375 e. The molecule has 2 saturated carbocycles. The first-order valence-electron chi connectivity index (χ1n) is 10.5. The Hall–Kier alpha value is -1.31. The summed E-state index contributed by atoms with van der Waals surface area (Å²) in [5.74, 6) is 0.218. The highest BCUT2D eigenvalue weighted by atomic mass is 19.4. The molecular formula is C20H32F3N3O2. The van der Waals surface area contributed by atoms with Crippen molar-refractivity contribution in [3.05, 3.63) is 0 Å². The number of nitrogens with two attached hydrogens (primary N) is 1. The summed E-state index contributed by atoms with van der Waals surface area (Å²) < 4.78 is 43.8. The van der Waals surface area contributed by atoms with E-state index < -0.39 is 18.1 Å². The quantitative estimate of drug-likeness (QED) is 0.729. The number of guanidine groups is 1. The van der Waals surface area contributed by atoms with Crippen molar-refractivity contribution in [2.24, 2.45) is 22.6 Å². The lowest BCUT2D eigenvalue weighted by Gasteiger charge is -2.34. The molecule has 3 rings (SSSR count). The number of rotatable bonds is 6. The van der Waals surface area contributed by atoms with Gasteiger partial charge in [-0.2, -0.15) is 13.2 Å². The number of alkyl halides is 3. The molecule has 2 fully saturated rings. The summed E-state index contributed by atoms with van der Waals surface area (Å²) in [4.78, 5) is 18.8. The highest BCUT2D eigenvalue weighted by Gasteiger charge is 2.48. The third-order valence-corrected chi connectivity index (χ3v) is 6.60. The standard InChI is InChI=1S/C20H32F3N3O2/c1-26-17(27)19(25-18(26)24,11-14-5-3-2-4-6-14)13-28-16-9-7-15(8-10-16)12-20(21,22)23/h14-16H,2-13H2,1H3,(H2,24,25). The molecule has 28 heavy (non-hydrogen) atoms. The smallest absolute Gasteiger partial charge is 0.375 e. The van der Waals surface area contributed by atoms with E-state index in [0.29, 0.717) is 38.0 Å². The van der Waals surface area contributed by atoms with Gasteiger partial charge in [-0.25, -0.2) is 4.99 Å². The van der Waals surface area contributed by atoms with Gasteiger partial charge in [-0.3, -0.25) is 9.69 Å². The normalized spacial score (nSPS) is 32.6. The van der Waals surface area contributed by atoms with Crippen LogP contribution in [0.1, 0.15) is 70.6 Å². The predicted molar refractivity (Wildman–Crippen MR) is 101 cm³/mol. The Labute approximate surface area is 164 Å². The maximum Gasteiger partial charge on any atom is 0.389 e. The summed E-state index contributed by atoms with van der Waals surface area (Å²) in [5.41, 5.74) is 4.96. The topological polar surface area (TPSA) is 67.9 Å². The van der Waals surface area contributed by atoms with E-state index >= 15 is 0 Å². The molecule has 2 N–H and O–H groups in total. The van der Waals surface area contributed by atoms with Crippen molar-refractivity contribution >= 4 is 11.9 Å². The monoisotopic (exact) mass is 403 g/mol. The lowest BCUT2D eigenvalue weighted by Crippen LogP contribution is -2.47. The molecular weight excluding hydrogens is 371 g/mol. The second-order valence-corrected chi connectivity index (χ2v) is 8.85. The zero-order chi connectivity index (χ0) is 20.4. The van der Waals surface area contributed by atoms with E-state index in [1.807, 2.05) is 0 Å². The molecule has 1 aliphatic heterocycles. The zero-order valence-corrected chi connectivity index (χ0v) is 16.6. The first-order valence-corrected chi connectivity index (χ1v) is 10.5. The fraction of sp³-hybridized carbons (Fsp3) is 0.900. The minimum atomic E-state index is -4.10. The number of carbonyl (C=O) groups is 1. The fourth-order valence-corrected chi connectivity index (χ4v) is 5.00. The molecule has 1 heterocycles. The number of aliphatic imine (C=N–C) groups is 1. The summed E-state index contributed by atoms with van der Waals surface area (Å²) in [5, 5.41) is 0. The van der Waals surface area contributed by atoms with Crippen molar-refractivity contribution in [3.8, 4) is 0 Å². The van der Waals surface area contributed by atoms with Gasteiger partial charge in [0.25, 0.3) is 5.91 Å². The molecule has 0 spiro atoms. The summed E-state index contributed by atoms with van der Waals surface area (Å²) in [6.07, 6.45) is 3.72. The molecule has 160 valence electrons. The van der Waals surface area contributed by atoms with Crippen LogP contribution in [-0.4, -0.2) is 48.2 Å². The van der Waals surface area contributed by atoms with Crippen LogP contribution in [0.15, 0.2) is 4.99 Å². The van der Waals surface area contributed by atoms with Crippen LogP contribution in [-0.2, 0) is 9.53 Å². The van der Waals surface area contributed by atoms with E-state index in [1.165, 1.54) is 24.2 Å². The molecule has 5 nitrogen and oxygen atoms in total. The number of hydrogen-bond acceptors (Lipinski definition) is 4. The number of hydrogen-bond donors (Lipinski definition) is 1. The van der Waals surface area contributed by atoms with Crippen molar-refractivity contribution in [1.82, 2.24) is 4.90 Å². The van der Waals surface area contributed by atoms with E-state index in [4.69, 9.17) is 10.5 Å². The van der Waals surface area contributed by atoms with Crippen molar-refractivity contribution in [3.63, 3.8) is 0 Å². The van der Waals surface area contributed by atoms with Crippen LogP contribution >= 0.6 is 0 Å². The highest BCUT2D eigenvalue weighted by molar-refractivity contribution is 6.06. The van der Waals surface area contributed by atoms with Crippen LogP contribution in [0.3, 0.4) is 0 Å². The number of likely N-dealkylation sites (N-methyl/N-ethyl adjacent to an activating group) is 1. The number of nitrogens with zero attached hydrogens (tertiary/aromatic N) is 2. The maximum absolute atomic E-state index is 12.9. The SMILES string of the molecule is CN1C(=O)C(COC2CCC(CC(F)(F)F)CC2)(CC2CCCCC2)N=C1N. The number of ether oxygens (including phenoxy) is 1. The van der Waals surface area contributed by atoms with Crippen molar-refractivity contribution in [2.45, 2.75) is 88.4 Å². The molecule has 3 aliphatic rings. The average molecular weight is 403 g/mol. The van der Waals surface area contributed by atoms with Gasteiger partial charge < -0.3 is 10.5 Å². The van der Waals surface area contributed by atoms with Crippen LogP contribution in [0.4, 0.5) is 13.2 Å². The summed E-state index contributed by atoms with van der Waals surface area (Å²) in [6, 6.07) is 0. The molecule has 1 amide bonds. The van der Waals surface area contributed by atoms with Gasteiger partial charge in [0.05, 0.1) is 12.7 Å². The predicted octanol–water partition coefficient (Wildman–Crippen LogP) is 4.01. The van der Waals surface area contributed by atoms with Gasteiger partial charge in [0.15, 0.2) is 11.5 Å². The lowest BCUT2D eigenvalue weighted by atomic mass is 9.79. The van der Waals surface area contributed by atoms with Gasteiger partial charge in [-0.1, -0.05) is 32.1 Å². The van der Waals surface area contributed by atoms with Crippen LogP contribution in [0.5, 0.6) is 0 Å². The summed E-state index contributed by atoms with van der Waals surface area (Å²) in [6.45, 7) is 0.169. The van der Waals surface area contributed by atoms with Crippen molar-refractivity contribution < 1.29 is 22.7 Å².